The number of carbonyl (C=O) groups is 2. The molecule has 0 aliphatic carbocycles. The van der Waals surface area contributed by atoms with E-state index in [9.17, 15) is 14.7 Å². The number of ether oxygens (including phenoxy) is 2. The third kappa shape index (κ3) is 8.60. The first-order valence-corrected chi connectivity index (χ1v) is 15.3. The van der Waals surface area contributed by atoms with Gasteiger partial charge in [0.15, 0.2) is 0 Å². The third-order valence-electron chi connectivity index (χ3n) is 8.17. The smallest absolute Gasteiger partial charge is 0.256 e. The lowest BCUT2D eigenvalue weighted by Crippen LogP contribution is -2.51. The van der Waals surface area contributed by atoms with Gasteiger partial charge in [0.05, 0.1) is 17.2 Å². The van der Waals surface area contributed by atoms with Gasteiger partial charge in [0.2, 0.25) is 0 Å². The van der Waals surface area contributed by atoms with Crippen LogP contribution in [0.5, 0.6) is 5.75 Å². The lowest BCUT2D eigenvalue weighted by atomic mass is 9.96. The van der Waals surface area contributed by atoms with Crippen LogP contribution in [-0.4, -0.2) is 91.9 Å². The molecule has 8 nitrogen and oxygen atoms in total. The topological polar surface area (TPSA) is 91.3 Å². The Hall–Kier alpha value is -2.43. The lowest BCUT2D eigenvalue weighted by molar-refractivity contribution is 0.0572. The Labute approximate surface area is 265 Å². The van der Waals surface area contributed by atoms with Crippen molar-refractivity contribution in [1.82, 2.24) is 15.1 Å². The average molecular weight is 641 g/mol. The molecule has 2 heterocycles. The Bertz CT molecular complexity index is 1230. The molecule has 2 aromatic rings. The van der Waals surface area contributed by atoms with Crippen LogP contribution in [0.1, 0.15) is 66.7 Å². The van der Waals surface area contributed by atoms with E-state index in [-0.39, 0.29) is 66.0 Å². The predicted octanol–water partition coefficient (Wildman–Crippen LogP) is 5.43. The molecule has 2 aromatic carbocycles. The van der Waals surface area contributed by atoms with Crippen LogP contribution < -0.4 is 10.1 Å². The second-order valence-corrected chi connectivity index (χ2v) is 11.8. The number of nitrogens with zero attached hydrogens (tertiary/aromatic N) is 2. The maximum absolute atomic E-state index is 15.4. The summed E-state index contributed by atoms with van der Waals surface area (Å²) in [4.78, 5) is 30.8. The molecule has 0 unspecified atom stereocenters. The number of hydrogen-bond acceptors (Lipinski definition) is 6. The van der Waals surface area contributed by atoms with Crippen LogP contribution >= 0.6 is 24.0 Å². The minimum atomic E-state index is -0.528. The van der Waals surface area contributed by atoms with Gasteiger partial charge in [0.25, 0.3) is 11.8 Å². The zero-order chi connectivity index (χ0) is 30.2. The highest BCUT2D eigenvalue weighted by Gasteiger charge is 2.31. The highest BCUT2D eigenvalue weighted by atomic mass is 35.5. The summed E-state index contributed by atoms with van der Waals surface area (Å²) in [5, 5.41) is 13.0. The van der Waals surface area contributed by atoms with E-state index in [1.807, 2.05) is 18.7 Å². The summed E-state index contributed by atoms with van der Waals surface area (Å²) < 4.78 is 26.7. The molecule has 4 rings (SSSR count). The number of aliphatic hydroxyl groups is 1. The summed E-state index contributed by atoms with van der Waals surface area (Å²) in [6.07, 6.45) is 3.93. The molecule has 0 radical (unpaired) electrons. The Balaban J connectivity index is 0.00000506. The van der Waals surface area contributed by atoms with Crippen LogP contribution in [0, 0.1) is 11.7 Å². The van der Waals surface area contributed by atoms with E-state index in [2.05, 4.69) is 5.32 Å². The molecule has 238 valence electrons. The van der Waals surface area contributed by atoms with Crippen LogP contribution in [-0.2, 0) is 4.74 Å². The van der Waals surface area contributed by atoms with Gasteiger partial charge in [-0.25, -0.2) is 4.39 Å². The van der Waals surface area contributed by atoms with Crippen molar-refractivity contribution in [2.75, 3.05) is 53.1 Å². The first-order valence-electron chi connectivity index (χ1n) is 14.9. The number of halogens is 3. The standard InChI is InChI=1S/C32H43ClFN3O5.ClH/c1-21(2)37(24-6-4-11-35-19-24)32(40)27-18-30(42-15-5-14-41-3)26(17-28(27)33)25-16-23(7-8-29(25)34)31(39)36-12-9-22(20-38)10-13-36;/h7-8,16-18,21-22,24,35,38H,4-6,9-15,19-20H2,1-3H3;1H/t24-;/m1./s1. The van der Waals surface area contributed by atoms with E-state index in [1.54, 1.807) is 24.1 Å². The SMILES string of the molecule is COCCCOc1cc(C(=O)N(C(C)C)[C@@H]2CCCNC2)c(Cl)cc1-c1cc(C(=O)N2CCC(CO)CC2)ccc1F.Cl. The highest BCUT2D eigenvalue weighted by molar-refractivity contribution is 6.34. The number of nitrogens with one attached hydrogen (secondary N) is 1. The van der Waals surface area contributed by atoms with E-state index in [1.165, 1.54) is 18.2 Å². The van der Waals surface area contributed by atoms with E-state index in [0.717, 1.165) is 32.2 Å². The maximum Gasteiger partial charge on any atom is 0.256 e. The second-order valence-electron chi connectivity index (χ2n) is 11.4. The van der Waals surface area contributed by atoms with Gasteiger partial charge < -0.3 is 29.7 Å². The summed E-state index contributed by atoms with van der Waals surface area (Å²) >= 11 is 6.76. The predicted molar refractivity (Wildman–Crippen MR) is 169 cm³/mol. The number of piperidine rings is 2. The fourth-order valence-corrected chi connectivity index (χ4v) is 6.07. The van der Waals surface area contributed by atoms with Crippen LogP contribution in [0.4, 0.5) is 4.39 Å². The molecule has 0 aromatic heterocycles. The molecule has 2 N–H and O–H groups in total. The zero-order valence-electron chi connectivity index (χ0n) is 25.2. The molecule has 2 saturated heterocycles. The monoisotopic (exact) mass is 639 g/mol. The van der Waals surface area contributed by atoms with Crippen LogP contribution in [0.3, 0.4) is 0 Å². The number of methoxy groups -OCH3 is 1. The number of benzene rings is 2. The molecule has 0 bridgehead atoms. The minimum absolute atomic E-state index is 0. The molecule has 0 saturated carbocycles. The molecular weight excluding hydrogens is 596 g/mol. The fourth-order valence-electron chi connectivity index (χ4n) is 5.83. The lowest BCUT2D eigenvalue weighted by Gasteiger charge is -2.38. The number of amides is 2. The van der Waals surface area contributed by atoms with Crippen molar-refractivity contribution >= 4 is 35.8 Å². The van der Waals surface area contributed by atoms with E-state index < -0.39 is 5.82 Å². The van der Waals surface area contributed by atoms with Crippen molar-refractivity contribution in [3.63, 3.8) is 0 Å². The van der Waals surface area contributed by atoms with Gasteiger partial charge in [0, 0.05) is 75.2 Å². The van der Waals surface area contributed by atoms with Crippen LogP contribution in [0.25, 0.3) is 11.1 Å². The second kappa shape index (κ2) is 16.6. The number of carbonyl (C=O) groups excluding carboxylic acids is 2. The molecule has 0 spiro atoms. The molecule has 2 aliphatic heterocycles. The number of aliphatic hydroxyl groups excluding tert-OH is 1. The Kier molecular flexibility index (Phi) is 13.5. The van der Waals surface area contributed by atoms with E-state index in [4.69, 9.17) is 21.1 Å². The van der Waals surface area contributed by atoms with Crippen molar-refractivity contribution in [2.45, 2.75) is 58.0 Å². The fraction of sp³-hybridized carbons (Fsp3) is 0.562. The van der Waals surface area contributed by atoms with Crippen molar-refractivity contribution in [2.24, 2.45) is 5.92 Å². The first kappa shape index (κ1) is 35.1. The largest absolute Gasteiger partial charge is 0.493 e. The Morgan fingerprint density at radius 3 is 2.51 bits per heavy atom. The summed E-state index contributed by atoms with van der Waals surface area (Å²) in [5.41, 5.74) is 1.19. The number of likely N-dealkylation sites (tertiary alicyclic amines) is 1. The van der Waals surface area contributed by atoms with Gasteiger partial charge in [-0.15, -0.1) is 12.4 Å². The molecule has 11 heteroatoms. The number of rotatable bonds is 11. The van der Waals surface area contributed by atoms with Gasteiger partial charge in [-0.2, -0.15) is 0 Å². The van der Waals surface area contributed by atoms with E-state index in [0.29, 0.717) is 55.1 Å². The summed E-state index contributed by atoms with van der Waals surface area (Å²) in [6, 6.07) is 7.45. The van der Waals surface area contributed by atoms with Gasteiger partial charge >= 0.3 is 0 Å². The van der Waals surface area contributed by atoms with Gasteiger partial charge in [0.1, 0.15) is 11.6 Å². The molecule has 1 atom stereocenters. The van der Waals surface area contributed by atoms with Crippen molar-refractivity contribution in [3.05, 3.63) is 52.3 Å². The quantitative estimate of drug-likeness (QED) is 0.319. The van der Waals surface area contributed by atoms with Gasteiger partial charge in [-0.1, -0.05) is 11.6 Å². The third-order valence-corrected chi connectivity index (χ3v) is 8.48. The molecule has 2 aliphatic rings. The number of hydrogen-bond donors (Lipinski definition) is 2. The molecule has 2 amide bonds. The molecule has 43 heavy (non-hydrogen) atoms. The van der Waals surface area contributed by atoms with E-state index >= 15 is 4.39 Å². The Morgan fingerprint density at radius 2 is 1.88 bits per heavy atom. The van der Waals surface area contributed by atoms with Gasteiger partial charge in [-0.05, 0) is 82.3 Å². The van der Waals surface area contributed by atoms with Crippen molar-refractivity contribution < 1.29 is 28.6 Å². The normalized spacial score (nSPS) is 17.5. The van der Waals surface area contributed by atoms with Crippen molar-refractivity contribution in [3.8, 4) is 16.9 Å². The van der Waals surface area contributed by atoms with Crippen molar-refractivity contribution in [1.29, 1.82) is 0 Å². The Morgan fingerprint density at radius 1 is 1.14 bits per heavy atom. The summed E-state index contributed by atoms with van der Waals surface area (Å²) in [6.45, 7) is 7.58. The maximum atomic E-state index is 15.4. The van der Waals surface area contributed by atoms with Crippen LogP contribution in [0.2, 0.25) is 5.02 Å². The molecular formula is C32H44Cl2FN3O5. The summed E-state index contributed by atoms with van der Waals surface area (Å²) in [5.74, 6) is -0.412. The summed E-state index contributed by atoms with van der Waals surface area (Å²) in [7, 11) is 1.61. The zero-order valence-corrected chi connectivity index (χ0v) is 26.8. The highest BCUT2D eigenvalue weighted by Crippen LogP contribution is 2.38. The first-order chi connectivity index (χ1) is 20.2. The van der Waals surface area contributed by atoms with Gasteiger partial charge in [-0.3, -0.25) is 9.59 Å². The average Bonchev–Trinajstić information content (AvgIpc) is 3.00. The minimum Gasteiger partial charge on any atom is -0.493 e. The molecule has 2 fully saturated rings. The van der Waals surface area contributed by atoms with Crippen LogP contribution in [0.15, 0.2) is 30.3 Å².